The van der Waals surface area contributed by atoms with Gasteiger partial charge in [-0.2, -0.15) is 0 Å². The Morgan fingerprint density at radius 3 is 2.24 bits per heavy atom. The van der Waals surface area contributed by atoms with E-state index in [0.29, 0.717) is 16.6 Å². The second-order valence-electron chi connectivity index (χ2n) is 8.77. The van der Waals surface area contributed by atoms with Gasteiger partial charge in [0.25, 0.3) is 10.0 Å². The predicted molar refractivity (Wildman–Crippen MR) is 152 cm³/mol. The number of carbonyl (C=O) groups is 2. The van der Waals surface area contributed by atoms with E-state index in [4.69, 9.17) is 23.2 Å². The van der Waals surface area contributed by atoms with E-state index in [1.165, 1.54) is 35.2 Å². The monoisotopic (exact) mass is 575 g/mol. The molecule has 0 heterocycles. The average molecular weight is 577 g/mol. The Morgan fingerprint density at radius 1 is 0.921 bits per heavy atom. The van der Waals surface area contributed by atoms with Crippen LogP contribution in [0.4, 0.5) is 5.69 Å². The number of sulfonamides is 1. The lowest BCUT2D eigenvalue weighted by Crippen LogP contribution is -2.51. The van der Waals surface area contributed by atoms with Crippen molar-refractivity contribution < 1.29 is 18.0 Å². The highest BCUT2D eigenvalue weighted by Gasteiger charge is 2.32. The lowest BCUT2D eigenvalue weighted by atomic mass is 10.1. The third-order valence-electron chi connectivity index (χ3n) is 5.97. The van der Waals surface area contributed by atoms with E-state index < -0.39 is 28.5 Å². The number of rotatable bonds is 12. The van der Waals surface area contributed by atoms with Crippen molar-refractivity contribution in [3.63, 3.8) is 0 Å². The van der Waals surface area contributed by atoms with Crippen molar-refractivity contribution in [2.75, 3.05) is 17.4 Å². The van der Waals surface area contributed by atoms with E-state index in [9.17, 15) is 18.0 Å². The molecule has 7 nitrogen and oxygen atoms in total. The zero-order valence-electron chi connectivity index (χ0n) is 21.3. The maximum absolute atomic E-state index is 13.8. The molecule has 2 amide bonds. The van der Waals surface area contributed by atoms with Gasteiger partial charge in [-0.1, -0.05) is 72.9 Å². The zero-order chi connectivity index (χ0) is 27.7. The number of hydrogen-bond acceptors (Lipinski definition) is 4. The molecule has 1 N–H and O–H groups in total. The first kappa shape index (κ1) is 29.5. The third-order valence-corrected chi connectivity index (χ3v) is 8.24. The molecule has 1 unspecified atom stereocenters. The molecular formula is C28H31Cl2N3O4S. The first-order chi connectivity index (χ1) is 18.1. The molecule has 0 aromatic heterocycles. The number of nitrogens with zero attached hydrogens (tertiary/aromatic N) is 2. The molecule has 3 rings (SSSR count). The van der Waals surface area contributed by atoms with Crippen molar-refractivity contribution in [2.24, 2.45) is 0 Å². The number of anilines is 1. The molecule has 0 saturated carbocycles. The summed E-state index contributed by atoms with van der Waals surface area (Å²) >= 11 is 12.1. The van der Waals surface area contributed by atoms with E-state index in [1.807, 2.05) is 37.3 Å². The van der Waals surface area contributed by atoms with Crippen LogP contribution in [0.2, 0.25) is 10.0 Å². The molecular weight excluding hydrogens is 545 g/mol. The van der Waals surface area contributed by atoms with Gasteiger partial charge in [0.1, 0.15) is 12.6 Å². The Morgan fingerprint density at radius 2 is 1.61 bits per heavy atom. The highest BCUT2D eigenvalue weighted by molar-refractivity contribution is 7.92. The van der Waals surface area contributed by atoms with Crippen LogP contribution in [0.5, 0.6) is 0 Å². The van der Waals surface area contributed by atoms with Gasteiger partial charge < -0.3 is 10.2 Å². The Balaban J connectivity index is 1.98. The predicted octanol–water partition coefficient (Wildman–Crippen LogP) is 5.52. The highest BCUT2D eigenvalue weighted by atomic mass is 35.5. The molecule has 38 heavy (non-hydrogen) atoms. The van der Waals surface area contributed by atoms with E-state index >= 15 is 0 Å². The lowest BCUT2D eigenvalue weighted by Gasteiger charge is -2.32. The maximum atomic E-state index is 13.8. The number of benzene rings is 3. The van der Waals surface area contributed by atoms with Crippen molar-refractivity contribution in [3.05, 3.63) is 94.5 Å². The van der Waals surface area contributed by atoms with Gasteiger partial charge in [0.05, 0.1) is 10.6 Å². The molecule has 0 aliphatic carbocycles. The molecule has 1 atom stereocenters. The van der Waals surface area contributed by atoms with Gasteiger partial charge in [0.2, 0.25) is 11.8 Å². The van der Waals surface area contributed by atoms with E-state index in [-0.39, 0.29) is 23.0 Å². The molecule has 3 aromatic rings. The van der Waals surface area contributed by atoms with E-state index in [0.717, 1.165) is 22.7 Å². The van der Waals surface area contributed by atoms with E-state index in [2.05, 4.69) is 5.32 Å². The Hall–Kier alpha value is -3.07. The molecule has 10 heteroatoms. The van der Waals surface area contributed by atoms with Crippen LogP contribution in [-0.2, 0) is 26.2 Å². The number of hydrogen-bond donors (Lipinski definition) is 1. The van der Waals surface area contributed by atoms with Crippen molar-refractivity contribution in [1.29, 1.82) is 0 Å². The van der Waals surface area contributed by atoms with Gasteiger partial charge in [-0.25, -0.2) is 8.42 Å². The Bertz CT molecular complexity index is 1340. The van der Waals surface area contributed by atoms with Crippen molar-refractivity contribution >= 4 is 50.7 Å². The quantitative estimate of drug-likeness (QED) is 0.288. The minimum atomic E-state index is -4.18. The first-order valence-corrected chi connectivity index (χ1v) is 14.5. The second kappa shape index (κ2) is 13.6. The Kier molecular flexibility index (Phi) is 10.6. The van der Waals surface area contributed by atoms with Crippen LogP contribution >= 0.6 is 23.2 Å². The summed E-state index contributed by atoms with van der Waals surface area (Å²) in [5, 5.41) is 3.56. The minimum Gasteiger partial charge on any atom is -0.354 e. The topological polar surface area (TPSA) is 86.8 Å². The van der Waals surface area contributed by atoms with Gasteiger partial charge in [0.15, 0.2) is 0 Å². The first-order valence-electron chi connectivity index (χ1n) is 12.3. The molecule has 0 fully saturated rings. The average Bonchev–Trinajstić information content (AvgIpc) is 2.90. The number of carbonyl (C=O) groups excluding carboxylic acids is 2. The summed E-state index contributed by atoms with van der Waals surface area (Å²) in [5.41, 5.74) is 1.03. The highest BCUT2D eigenvalue weighted by Crippen LogP contribution is 2.27. The largest absolute Gasteiger partial charge is 0.354 e. The molecule has 202 valence electrons. The van der Waals surface area contributed by atoms with Gasteiger partial charge in [-0.15, -0.1) is 0 Å². The van der Waals surface area contributed by atoms with Crippen LogP contribution in [-0.4, -0.2) is 44.3 Å². The number of unbranched alkanes of at least 4 members (excludes halogenated alkanes) is 1. The number of nitrogens with one attached hydrogen (secondary N) is 1. The summed E-state index contributed by atoms with van der Waals surface area (Å²) in [4.78, 5) is 28.1. The third kappa shape index (κ3) is 7.72. The standard InChI is InChI=1S/C28H31Cl2N3O4S/c1-3-4-17-31-28(35)21(2)32(19-22-9-6-5-7-10-22)27(34)20-33(25-12-8-11-24(30)18-25)38(36,37)26-15-13-23(29)14-16-26/h5-16,18,21H,3-4,17,19-20H2,1-2H3,(H,31,35). The van der Waals surface area contributed by atoms with Crippen molar-refractivity contribution in [1.82, 2.24) is 10.2 Å². The second-order valence-corrected chi connectivity index (χ2v) is 11.5. The normalized spacial score (nSPS) is 12.0. The molecule has 0 saturated heterocycles. The SMILES string of the molecule is CCCCNC(=O)C(C)N(Cc1ccccc1)C(=O)CN(c1cccc(Cl)c1)S(=O)(=O)c1ccc(Cl)cc1. The summed E-state index contributed by atoms with van der Waals surface area (Å²) in [7, 11) is -4.18. The zero-order valence-corrected chi connectivity index (χ0v) is 23.6. The molecule has 0 spiro atoms. The molecule has 0 aliphatic heterocycles. The van der Waals surface area contributed by atoms with Gasteiger partial charge in [-0.05, 0) is 61.4 Å². The van der Waals surface area contributed by atoms with Crippen LogP contribution in [0.15, 0.2) is 83.8 Å². The molecule has 0 radical (unpaired) electrons. The fourth-order valence-corrected chi connectivity index (χ4v) is 5.51. The van der Waals surface area contributed by atoms with Crippen LogP contribution in [0.1, 0.15) is 32.3 Å². The van der Waals surface area contributed by atoms with Gasteiger partial charge in [0, 0.05) is 23.1 Å². The maximum Gasteiger partial charge on any atom is 0.264 e. The van der Waals surface area contributed by atoms with Gasteiger partial charge >= 0.3 is 0 Å². The lowest BCUT2D eigenvalue weighted by molar-refractivity contribution is -0.139. The molecule has 0 aliphatic rings. The van der Waals surface area contributed by atoms with Crippen molar-refractivity contribution in [3.8, 4) is 0 Å². The summed E-state index contributed by atoms with van der Waals surface area (Å²) < 4.78 is 28.5. The minimum absolute atomic E-state index is 0.0327. The Labute approximate surface area is 234 Å². The molecule has 0 bridgehead atoms. The van der Waals surface area contributed by atoms with Gasteiger partial charge in [-0.3, -0.25) is 13.9 Å². The molecule has 3 aromatic carbocycles. The summed E-state index contributed by atoms with van der Waals surface area (Å²) in [5.74, 6) is -0.845. The summed E-state index contributed by atoms with van der Waals surface area (Å²) in [6.07, 6.45) is 1.73. The van der Waals surface area contributed by atoms with E-state index in [1.54, 1.807) is 25.1 Å². The fourth-order valence-electron chi connectivity index (χ4n) is 3.79. The van der Waals surface area contributed by atoms with Crippen LogP contribution in [0.3, 0.4) is 0 Å². The van der Waals surface area contributed by atoms with Crippen molar-refractivity contribution in [2.45, 2.75) is 44.2 Å². The number of amides is 2. The summed E-state index contributed by atoms with van der Waals surface area (Å²) in [6.45, 7) is 3.75. The van der Waals surface area contributed by atoms with Crippen LogP contribution in [0.25, 0.3) is 0 Å². The number of halogens is 2. The smallest absolute Gasteiger partial charge is 0.264 e. The van der Waals surface area contributed by atoms with Crippen LogP contribution in [0, 0.1) is 0 Å². The van der Waals surface area contributed by atoms with Crippen LogP contribution < -0.4 is 9.62 Å². The summed E-state index contributed by atoms with van der Waals surface area (Å²) in [6, 6.07) is 20.4. The fraction of sp³-hybridized carbons (Fsp3) is 0.286.